The van der Waals surface area contributed by atoms with Gasteiger partial charge in [0.1, 0.15) is 5.69 Å². The normalized spacial score (nSPS) is 11.6. The highest BCUT2D eigenvalue weighted by Gasteiger charge is 2.31. The first-order valence-corrected chi connectivity index (χ1v) is 6.23. The van der Waals surface area contributed by atoms with E-state index in [1.165, 1.54) is 12.3 Å². The van der Waals surface area contributed by atoms with Crippen LogP contribution < -0.4 is 5.43 Å². The molecule has 1 N–H and O–H groups in total. The van der Waals surface area contributed by atoms with Crippen LogP contribution >= 0.6 is 11.6 Å². The Bertz CT molecular complexity index is 704. The van der Waals surface area contributed by atoms with Crippen molar-refractivity contribution in [3.63, 3.8) is 0 Å². The van der Waals surface area contributed by atoms with Gasteiger partial charge < -0.3 is 0 Å². The first-order chi connectivity index (χ1) is 10.4. The number of ketones is 1. The molecule has 22 heavy (non-hydrogen) atoms. The van der Waals surface area contributed by atoms with Crippen LogP contribution in [-0.4, -0.2) is 22.0 Å². The molecule has 0 saturated heterocycles. The molecule has 2 rings (SSSR count). The second kappa shape index (κ2) is 6.52. The number of alkyl halides is 3. The molecule has 0 aliphatic heterocycles. The van der Waals surface area contributed by atoms with Gasteiger partial charge in [-0.15, -0.1) is 0 Å². The fourth-order valence-corrected chi connectivity index (χ4v) is 1.61. The molecule has 2 aromatic heterocycles. The van der Waals surface area contributed by atoms with E-state index in [4.69, 9.17) is 11.6 Å². The van der Waals surface area contributed by atoms with Gasteiger partial charge in [-0.1, -0.05) is 17.7 Å². The Morgan fingerprint density at radius 3 is 2.68 bits per heavy atom. The third kappa shape index (κ3) is 4.01. The number of pyridine rings is 2. The topological polar surface area (TPSA) is 67.2 Å². The number of rotatable bonds is 4. The second-order valence-electron chi connectivity index (χ2n) is 4.00. The average molecular weight is 329 g/mol. The molecule has 0 unspecified atom stereocenters. The molecule has 0 fully saturated rings. The summed E-state index contributed by atoms with van der Waals surface area (Å²) in [6.45, 7) is 0. The molecule has 114 valence electrons. The van der Waals surface area contributed by atoms with Crippen molar-refractivity contribution >= 4 is 29.4 Å². The molecule has 9 heteroatoms. The van der Waals surface area contributed by atoms with Crippen molar-refractivity contribution in [1.82, 2.24) is 9.97 Å². The SMILES string of the molecule is O=C(C=NNc1ncc(C(F)(F)F)cc1Cl)c1ccccn1. The van der Waals surface area contributed by atoms with Crippen LogP contribution in [0.5, 0.6) is 0 Å². The lowest BCUT2D eigenvalue weighted by Crippen LogP contribution is -2.07. The maximum Gasteiger partial charge on any atom is 0.417 e. The molecule has 0 aliphatic rings. The van der Waals surface area contributed by atoms with Crippen molar-refractivity contribution in [1.29, 1.82) is 0 Å². The van der Waals surface area contributed by atoms with E-state index in [9.17, 15) is 18.0 Å². The van der Waals surface area contributed by atoms with Gasteiger partial charge in [0.05, 0.1) is 16.8 Å². The van der Waals surface area contributed by atoms with E-state index in [1.54, 1.807) is 12.1 Å². The summed E-state index contributed by atoms with van der Waals surface area (Å²) < 4.78 is 37.3. The molecular weight excluding hydrogens is 321 g/mol. The molecule has 0 radical (unpaired) electrons. The maximum absolute atomic E-state index is 12.4. The molecule has 0 aliphatic carbocycles. The highest BCUT2D eigenvalue weighted by atomic mass is 35.5. The lowest BCUT2D eigenvalue weighted by Gasteiger charge is -2.08. The Kier molecular flexibility index (Phi) is 4.71. The Morgan fingerprint density at radius 2 is 2.09 bits per heavy atom. The Balaban J connectivity index is 2.06. The van der Waals surface area contributed by atoms with Crippen molar-refractivity contribution in [2.75, 3.05) is 5.43 Å². The number of carbonyl (C=O) groups is 1. The number of Topliss-reactive ketones (excluding diaryl/α,β-unsaturated/α-hetero) is 1. The van der Waals surface area contributed by atoms with Crippen LogP contribution in [0.1, 0.15) is 16.1 Å². The standard InChI is InChI=1S/C13H8ClF3N4O/c14-9-5-8(13(15,16)17)6-19-12(9)21-20-7-11(22)10-3-1-2-4-18-10/h1-7H,(H,19,21). The van der Waals surface area contributed by atoms with Crippen molar-refractivity contribution in [3.05, 3.63) is 52.9 Å². The highest BCUT2D eigenvalue weighted by Crippen LogP contribution is 2.32. The van der Waals surface area contributed by atoms with E-state index in [1.807, 2.05) is 0 Å². The minimum Gasteiger partial charge on any atom is -0.286 e. The number of hydrogen-bond acceptors (Lipinski definition) is 5. The van der Waals surface area contributed by atoms with Gasteiger partial charge in [0, 0.05) is 12.4 Å². The summed E-state index contributed by atoms with van der Waals surface area (Å²) in [5.41, 5.74) is 1.51. The molecule has 2 heterocycles. The van der Waals surface area contributed by atoms with Crippen LogP contribution in [0.3, 0.4) is 0 Å². The van der Waals surface area contributed by atoms with Gasteiger partial charge in [-0.25, -0.2) is 4.98 Å². The van der Waals surface area contributed by atoms with Crippen molar-refractivity contribution in [2.24, 2.45) is 5.10 Å². The fourth-order valence-electron chi connectivity index (χ4n) is 1.40. The monoisotopic (exact) mass is 328 g/mol. The summed E-state index contributed by atoms with van der Waals surface area (Å²) in [6, 6.07) is 5.50. The zero-order chi connectivity index (χ0) is 16.2. The number of halogens is 4. The average Bonchev–Trinajstić information content (AvgIpc) is 2.48. The van der Waals surface area contributed by atoms with Crippen molar-refractivity contribution < 1.29 is 18.0 Å². The smallest absolute Gasteiger partial charge is 0.286 e. The first kappa shape index (κ1) is 15.9. The molecule has 0 atom stereocenters. The maximum atomic E-state index is 12.4. The molecule has 2 aromatic rings. The molecule has 0 amide bonds. The van der Waals surface area contributed by atoms with E-state index in [-0.39, 0.29) is 16.5 Å². The number of nitrogens with one attached hydrogen (secondary N) is 1. The summed E-state index contributed by atoms with van der Waals surface area (Å²) in [6.07, 6.45) is -1.54. The van der Waals surface area contributed by atoms with Crippen LogP contribution in [0.2, 0.25) is 5.02 Å². The van der Waals surface area contributed by atoms with Crippen molar-refractivity contribution in [3.8, 4) is 0 Å². The van der Waals surface area contributed by atoms with Gasteiger partial charge in [0.2, 0.25) is 5.78 Å². The molecule has 0 spiro atoms. The van der Waals surface area contributed by atoms with Gasteiger partial charge in [0.15, 0.2) is 5.82 Å². The van der Waals surface area contributed by atoms with E-state index in [2.05, 4.69) is 20.5 Å². The Labute approximate surface area is 127 Å². The third-order valence-electron chi connectivity index (χ3n) is 2.44. The van der Waals surface area contributed by atoms with Gasteiger partial charge >= 0.3 is 6.18 Å². The van der Waals surface area contributed by atoms with Crippen LogP contribution in [0.15, 0.2) is 41.8 Å². The second-order valence-corrected chi connectivity index (χ2v) is 4.41. The number of hydrazone groups is 1. The molecule has 0 bridgehead atoms. The lowest BCUT2D eigenvalue weighted by molar-refractivity contribution is -0.137. The zero-order valence-corrected chi connectivity index (χ0v) is 11.6. The Morgan fingerprint density at radius 1 is 1.32 bits per heavy atom. The first-order valence-electron chi connectivity index (χ1n) is 5.85. The predicted octanol–water partition coefficient (Wildman–Crippen LogP) is 3.43. The highest BCUT2D eigenvalue weighted by molar-refractivity contribution is 6.35. The quantitative estimate of drug-likeness (QED) is 0.530. The number of aromatic nitrogens is 2. The van der Waals surface area contributed by atoms with Crippen LogP contribution in [-0.2, 0) is 6.18 Å². The van der Waals surface area contributed by atoms with Gasteiger partial charge in [-0.3, -0.25) is 15.2 Å². The minimum absolute atomic E-state index is 0.0975. The Hall–Kier alpha value is -2.48. The van der Waals surface area contributed by atoms with Gasteiger partial charge in [-0.05, 0) is 18.2 Å². The third-order valence-corrected chi connectivity index (χ3v) is 2.73. The molecule has 0 aromatic carbocycles. The number of nitrogens with zero attached hydrogens (tertiary/aromatic N) is 3. The molecule has 5 nitrogen and oxygen atoms in total. The number of hydrogen-bond donors (Lipinski definition) is 1. The van der Waals surface area contributed by atoms with Crippen molar-refractivity contribution in [2.45, 2.75) is 6.18 Å². The van der Waals surface area contributed by atoms with Crippen LogP contribution in [0, 0.1) is 0 Å². The van der Waals surface area contributed by atoms with E-state index < -0.39 is 17.5 Å². The summed E-state index contributed by atoms with van der Waals surface area (Å²) in [5, 5.41) is 3.31. The summed E-state index contributed by atoms with van der Waals surface area (Å²) in [7, 11) is 0. The lowest BCUT2D eigenvalue weighted by atomic mass is 10.3. The van der Waals surface area contributed by atoms with Crippen LogP contribution in [0.25, 0.3) is 0 Å². The van der Waals surface area contributed by atoms with Gasteiger partial charge in [-0.2, -0.15) is 18.3 Å². The zero-order valence-electron chi connectivity index (χ0n) is 10.8. The fraction of sp³-hybridized carbons (Fsp3) is 0.0769. The molecule has 0 saturated carbocycles. The summed E-state index contributed by atoms with van der Waals surface area (Å²) >= 11 is 5.67. The number of anilines is 1. The van der Waals surface area contributed by atoms with Crippen LogP contribution in [0.4, 0.5) is 19.0 Å². The summed E-state index contributed by atoms with van der Waals surface area (Å²) in [4.78, 5) is 19.0. The summed E-state index contributed by atoms with van der Waals surface area (Å²) in [5.74, 6) is -0.573. The number of carbonyl (C=O) groups excluding carboxylic acids is 1. The van der Waals surface area contributed by atoms with E-state index in [0.29, 0.717) is 12.3 Å². The molecular formula is C13H8ClF3N4O. The van der Waals surface area contributed by atoms with Gasteiger partial charge in [0.25, 0.3) is 0 Å². The van der Waals surface area contributed by atoms with E-state index in [0.717, 1.165) is 6.21 Å². The minimum atomic E-state index is -4.53. The predicted molar refractivity (Wildman–Crippen MR) is 74.9 cm³/mol. The van der Waals surface area contributed by atoms with E-state index >= 15 is 0 Å². The largest absolute Gasteiger partial charge is 0.417 e.